The lowest BCUT2D eigenvalue weighted by Gasteiger charge is -2.30. The Morgan fingerprint density at radius 3 is 2.42 bits per heavy atom. The van der Waals surface area contributed by atoms with E-state index in [0.29, 0.717) is 19.6 Å². The van der Waals surface area contributed by atoms with Crippen molar-refractivity contribution in [3.8, 4) is 0 Å². The van der Waals surface area contributed by atoms with E-state index in [1.165, 1.54) is 16.7 Å². The Hall–Kier alpha value is -4.10. The van der Waals surface area contributed by atoms with Gasteiger partial charge in [-0.15, -0.1) is 5.10 Å². The predicted molar refractivity (Wildman–Crippen MR) is 151 cm³/mol. The summed E-state index contributed by atoms with van der Waals surface area (Å²) in [5.74, 6) is 0.823. The number of tetrazole rings is 1. The minimum Gasteiger partial charge on any atom is -0.322 e. The van der Waals surface area contributed by atoms with Crippen molar-refractivity contribution in [1.29, 1.82) is 0 Å². The molecule has 0 aliphatic carbocycles. The molecule has 0 radical (unpaired) electrons. The number of aromatic amines is 1. The molecule has 3 aromatic carbocycles. The van der Waals surface area contributed by atoms with Crippen LogP contribution in [0.15, 0.2) is 83.7 Å². The Balaban J connectivity index is 1.48. The number of pyridine rings is 1. The summed E-state index contributed by atoms with van der Waals surface area (Å²) in [7, 11) is 0. The molecule has 0 bridgehead atoms. The van der Waals surface area contributed by atoms with Gasteiger partial charge >= 0.3 is 0 Å². The number of H-pyrrole nitrogens is 1. The maximum absolute atomic E-state index is 13.1. The fourth-order valence-corrected chi connectivity index (χ4v) is 5.01. The van der Waals surface area contributed by atoms with Crippen LogP contribution in [-0.4, -0.2) is 30.1 Å². The average Bonchev–Trinajstić information content (AvgIpc) is 3.38. The first-order chi connectivity index (χ1) is 18.5. The zero-order valence-corrected chi connectivity index (χ0v) is 22.3. The van der Waals surface area contributed by atoms with Crippen molar-refractivity contribution < 1.29 is 0 Å². The van der Waals surface area contributed by atoms with E-state index < -0.39 is 0 Å². The quantitative estimate of drug-likeness (QED) is 0.270. The lowest BCUT2D eigenvalue weighted by atomic mass is 10.1. The Morgan fingerprint density at radius 1 is 0.895 bits per heavy atom. The average molecular weight is 507 g/mol. The summed E-state index contributed by atoms with van der Waals surface area (Å²) in [4.78, 5) is 18.5. The first kappa shape index (κ1) is 25.5. The topological polar surface area (TPSA) is 79.7 Å². The van der Waals surface area contributed by atoms with Crippen LogP contribution in [0.2, 0.25) is 0 Å². The second-order valence-electron chi connectivity index (χ2n) is 10.0. The van der Waals surface area contributed by atoms with E-state index in [4.69, 9.17) is 0 Å². The standard InChI is InChI=1S/C31H34N6O/c1-4-29(30-33-34-35-37(30)17-16-24-8-6-5-7-9-24)36(20-25-13-10-22(2)11-14-25)21-27-19-26-18-23(3)12-15-28(26)32-31(27)38/h5-15,18-19,29H,4,16-17,20-21H2,1-3H3,(H,32,38)/t29-/m1/s1. The van der Waals surface area contributed by atoms with Gasteiger partial charge in [0.25, 0.3) is 5.56 Å². The molecule has 0 unspecified atom stereocenters. The number of rotatable bonds is 10. The van der Waals surface area contributed by atoms with Crippen molar-refractivity contribution in [2.24, 2.45) is 0 Å². The summed E-state index contributed by atoms with van der Waals surface area (Å²) >= 11 is 0. The minimum absolute atomic E-state index is 0.0605. The molecule has 0 aliphatic heterocycles. The maximum atomic E-state index is 13.1. The van der Waals surface area contributed by atoms with Gasteiger partial charge in [-0.1, -0.05) is 78.7 Å². The van der Waals surface area contributed by atoms with E-state index in [9.17, 15) is 4.79 Å². The summed E-state index contributed by atoms with van der Waals surface area (Å²) in [5, 5.41) is 13.9. The molecule has 7 nitrogen and oxygen atoms in total. The van der Waals surface area contributed by atoms with Crippen LogP contribution in [0, 0.1) is 13.8 Å². The SMILES string of the molecule is CC[C@H](c1nnnn1CCc1ccccc1)N(Cc1ccc(C)cc1)Cc1cc2cc(C)ccc2[nH]c1=O. The first-order valence-corrected chi connectivity index (χ1v) is 13.2. The molecule has 0 saturated carbocycles. The molecule has 7 heteroatoms. The van der Waals surface area contributed by atoms with Crippen LogP contribution in [0.5, 0.6) is 0 Å². The number of nitrogens with one attached hydrogen (secondary N) is 1. The van der Waals surface area contributed by atoms with E-state index >= 15 is 0 Å². The van der Waals surface area contributed by atoms with Crippen LogP contribution in [0.4, 0.5) is 0 Å². The van der Waals surface area contributed by atoms with Gasteiger partial charge in [-0.05, 0) is 71.8 Å². The molecule has 0 spiro atoms. The summed E-state index contributed by atoms with van der Waals surface area (Å²) < 4.78 is 1.91. The minimum atomic E-state index is -0.0613. The largest absolute Gasteiger partial charge is 0.322 e. The third-order valence-corrected chi connectivity index (χ3v) is 7.10. The Bertz CT molecular complexity index is 1560. The van der Waals surface area contributed by atoms with Gasteiger partial charge in [0.2, 0.25) is 0 Å². The van der Waals surface area contributed by atoms with E-state index in [1.54, 1.807) is 0 Å². The smallest absolute Gasteiger partial charge is 0.252 e. The molecule has 38 heavy (non-hydrogen) atoms. The number of benzene rings is 3. The molecule has 2 heterocycles. The van der Waals surface area contributed by atoms with Gasteiger partial charge in [0, 0.05) is 30.7 Å². The second-order valence-corrected chi connectivity index (χ2v) is 10.0. The van der Waals surface area contributed by atoms with Crippen LogP contribution >= 0.6 is 0 Å². The van der Waals surface area contributed by atoms with Gasteiger partial charge in [0.05, 0.1) is 6.04 Å². The summed E-state index contributed by atoms with van der Waals surface area (Å²) in [6.45, 7) is 8.16. The highest BCUT2D eigenvalue weighted by Crippen LogP contribution is 2.27. The predicted octanol–water partition coefficient (Wildman–Crippen LogP) is 5.53. The Kier molecular flexibility index (Phi) is 7.75. The zero-order chi connectivity index (χ0) is 26.5. The Morgan fingerprint density at radius 2 is 1.66 bits per heavy atom. The van der Waals surface area contributed by atoms with Crippen molar-refractivity contribution in [3.63, 3.8) is 0 Å². The third kappa shape index (κ3) is 5.89. The third-order valence-electron chi connectivity index (χ3n) is 7.10. The second kappa shape index (κ2) is 11.5. The van der Waals surface area contributed by atoms with Gasteiger partial charge in [-0.25, -0.2) is 4.68 Å². The molecule has 0 aliphatic rings. The monoisotopic (exact) mass is 506 g/mol. The van der Waals surface area contributed by atoms with E-state index in [-0.39, 0.29) is 11.6 Å². The lowest BCUT2D eigenvalue weighted by molar-refractivity contribution is 0.160. The van der Waals surface area contributed by atoms with E-state index in [1.807, 2.05) is 28.9 Å². The molecule has 5 aromatic rings. The molecular formula is C31H34N6O. The lowest BCUT2D eigenvalue weighted by Crippen LogP contribution is -2.32. The number of fused-ring (bicyclic) bond motifs is 1. The van der Waals surface area contributed by atoms with Crippen molar-refractivity contribution in [3.05, 3.63) is 123 Å². The van der Waals surface area contributed by atoms with Gasteiger partial charge in [0.1, 0.15) is 0 Å². The number of nitrogens with zero attached hydrogens (tertiary/aromatic N) is 5. The molecule has 0 fully saturated rings. The van der Waals surface area contributed by atoms with Gasteiger partial charge < -0.3 is 4.98 Å². The molecule has 0 amide bonds. The van der Waals surface area contributed by atoms with E-state index in [2.05, 4.69) is 101 Å². The van der Waals surface area contributed by atoms with Crippen LogP contribution in [0.1, 0.15) is 53.0 Å². The molecular weight excluding hydrogens is 472 g/mol. The number of hydrogen-bond donors (Lipinski definition) is 1. The Labute approximate surface area is 223 Å². The van der Waals surface area contributed by atoms with Gasteiger partial charge in [-0.2, -0.15) is 0 Å². The molecule has 5 rings (SSSR count). The van der Waals surface area contributed by atoms with Crippen LogP contribution in [0.25, 0.3) is 10.9 Å². The fraction of sp³-hybridized carbons (Fsp3) is 0.290. The van der Waals surface area contributed by atoms with Crippen LogP contribution in [-0.2, 0) is 26.1 Å². The van der Waals surface area contributed by atoms with E-state index in [0.717, 1.165) is 40.7 Å². The van der Waals surface area contributed by atoms with Crippen LogP contribution in [0.3, 0.4) is 0 Å². The van der Waals surface area contributed by atoms with Gasteiger partial charge in [-0.3, -0.25) is 9.69 Å². The molecule has 2 aromatic heterocycles. The highest BCUT2D eigenvalue weighted by Gasteiger charge is 2.26. The molecule has 1 N–H and O–H groups in total. The first-order valence-electron chi connectivity index (χ1n) is 13.2. The van der Waals surface area contributed by atoms with Crippen LogP contribution < -0.4 is 5.56 Å². The van der Waals surface area contributed by atoms with Crippen molar-refractivity contribution in [1.82, 2.24) is 30.1 Å². The fourth-order valence-electron chi connectivity index (χ4n) is 5.01. The summed E-state index contributed by atoms with van der Waals surface area (Å²) in [6.07, 6.45) is 1.65. The normalized spacial score (nSPS) is 12.3. The number of hydrogen-bond acceptors (Lipinski definition) is 5. The molecule has 0 saturated heterocycles. The highest BCUT2D eigenvalue weighted by atomic mass is 16.1. The maximum Gasteiger partial charge on any atom is 0.252 e. The number of aromatic nitrogens is 5. The number of aryl methyl sites for hydroxylation is 4. The highest BCUT2D eigenvalue weighted by molar-refractivity contribution is 5.79. The van der Waals surface area contributed by atoms with Gasteiger partial charge in [0.15, 0.2) is 5.82 Å². The summed E-state index contributed by atoms with van der Waals surface area (Å²) in [5.41, 5.74) is 6.34. The van der Waals surface area contributed by atoms with Crippen molar-refractivity contribution in [2.45, 2.75) is 59.3 Å². The summed E-state index contributed by atoms with van der Waals surface area (Å²) in [6, 6.07) is 27.0. The molecule has 194 valence electrons. The molecule has 1 atom stereocenters. The zero-order valence-electron chi connectivity index (χ0n) is 22.3. The van der Waals surface area contributed by atoms with Crippen molar-refractivity contribution in [2.75, 3.05) is 0 Å². The van der Waals surface area contributed by atoms with Crippen molar-refractivity contribution >= 4 is 10.9 Å².